The Morgan fingerprint density at radius 2 is 1.85 bits per heavy atom. The molecule has 4 rings (SSSR count). The molecule has 172 valence electrons. The van der Waals surface area contributed by atoms with Crippen LogP contribution in [0.5, 0.6) is 5.75 Å². The number of nitrogens with one attached hydrogen (secondary N) is 1. The van der Waals surface area contributed by atoms with Gasteiger partial charge in [-0.3, -0.25) is 9.78 Å². The summed E-state index contributed by atoms with van der Waals surface area (Å²) in [5, 5.41) is 6.65. The predicted octanol–water partition coefficient (Wildman–Crippen LogP) is 4.07. The quantitative estimate of drug-likeness (QED) is 0.373. The molecule has 0 aliphatic rings. The fourth-order valence-electron chi connectivity index (χ4n) is 3.16. The summed E-state index contributed by atoms with van der Waals surface area (Å²) in [6, 6.07) is 17.7. The van der Waals surface area contributed by atoms with Crippen molar-refractivity contribution in [3.05, 3.63) is 90.1 Å². The van der Waals surface area contributed by atoms with Crippen molar-refractivity contribution in [1.82, 2.24) is 15.1 Å². The second-order valence-corrected chi connectivity index (χ2v) is 7.27. The monoisotopic (exact) mass is 458 g/mol. The summed E-state index contributed by atoms with van der Waals surface area (Å²) in [5.74, 6) is 0.424. The molecule has 0 aliphatic carbocycles. The molecule has 2 aromatic carbocycles. The molecule has 2 aromatic heterocycles. The number of hydrogen-bond acceptors (Lipinski definition) is 8. The number of aromatic nitrogens is 3. The van der Waals surface area contributed by atoms with Crippen LogP contribution in [0.25, 0.3) is 11.4 Å². The van der Waals surface area contributed by atoms with E-state index in [1.807, 2.05) is 24.3 Å². The van der Waals surface area contributed by atoms with Crippen molar-refractivity contribution in [2.75, 3.05) is 12.4 Å². The third-order valence-electron chi connectivity index (χ3n) is 4.94. The Morgan fingerprint density at radius 1 is 1.03 bits per heavy atom. The van der Waals surface area contributed by atoms with Crippen LogP contribution in [0.4, 0.5) is 5.69 Å². The van der Waals surface area contributed by atoms with Gasteiger partial charge in [0.25, 0.3) is 5.89 Å². The predicted molar refractivity (Wildman–Crippen MR) is 123 cm³/mol. The van der Waals surface area contributed by atoms with Crippen molar-refractivity contribution in [3.8, 4) is 17.1 Å². The van der Waals surface area contributed by atoms with Gasteiger partial charge >= 0.3 is 5.97 Å². The number of carbonyl (C=O) groups is 2. The van der Waals surface area contributed by atoms with Gasteiger partial charge in [-0.25, -0.2) is 4.79 Å². The highest BCUT2D eigenvalue weighted by Crippen LogP contribution is 2.19. The van der Waals surface area contributed by atoms with Crippen LogP contribution in [-0.2, 0) is 22.6 Å². The number of pyridine rings is 1. The molecule has 0 radical (unpaired) electrons. The highest BCUT2D eigenvalue weighted by molar-refractivity contribution is 6.01. The van der Waals surface area contributed by atoms with E-state index >= 15 is 0 Å². The van der Waals surface area contributed by atoms with Crippen LogP contribution in [0, 0.1) is 0 Å². The van der Waals surface area contributed by atoms with Crippen LogP contribution < -0.4 is 10.1 Å². The lowest BCUT2D eigenvalue weighted by molar-refractivity contribution is -0.116. The maximum Gasteiger partial charge on any atom is 0.340 e. The number of esters is 1. The second-order valence-electron chi connectivity index (χ2n) is 7.27. The van der Waals surface area contributed by atoms with Crippen molar-refractivity contribution in [2.24, 2.45) is 0 Å². The summed E-state index contributed by atoms with van der Waals surface area (Å²) >= 11 is 0. The molecule has 0 spiro atoms. The summed E-state index contributed by atoms with van der Waals surface area (Å²) in [6.07, 6.45) is 4.06. The van der Waals surface area contributed by atoms with Gasteiger partial charge in [-0.15, -0.1) is 0 Å². The van der Waals surface area contributed by atoms with E-state index in [9.17, 15) is 9.59 Å². The first kappa shape index (κ1) is 22.7. The zero-order chi connectivity index (χ0) is 23.8. The molecule has 0 unspecified atom stereocenters. The first-order valence-corrected chi connectivity index (χ1v) is 10.5. The molecule has 0 saturated heterocycles. The van der Waals surface area contributed by atoms with Gasteiger partial charge in [0.2, 0.25) is 11.7 Å². The number of ether oxygens (including phenoxy) is 2. The zero-order valence-corrected chi connectivity index (χ0v) is 18.4. The molecular weight excluding hydrogens is 436 g/mol. The summed E-state index contributed by atoms with van der Waals surface area (Å²) in [5.41, 5.74) is 2.29. The Labute approximate surface area is 195 Å². The molecule has 9 nitrogen and oxygen atoms in total. The third kappa shape index (κ3) is 5.83. The summed E-state index contributed by atoms with van der Waals surface area (Å²) in [6.45, 7) is -0.203. The Balaban J connectivity index is 1.33. The summed E-state index contributed by atoms with van der Waals surface area (Å²) in [7, 11) is 1.60. The standard InChI is InChI=1S/C25H22N4O5/c1-32-19-11-8-17(9-12-19)10-13-22(30)27-21-7-3-2-6-20(21)25(31)33-16-23-28-24(29-34-23)18-5-4-14-26-15-18/h2-9,11-12,14-15H,10,13,16H2,1H3,(H,27,30). The first-order valence-electron chi connectivity index (χ1n) is 10.5. The summed E-state index contributed by atoms with van der Waals surface area (Å²) in [4.78, 5) is 33.3. The van der Waals surface area contributed by atoms with Gasteiger partial charge in [0.05, 0.1) is 18.4 Å². The van der Waals surface area contributed by atoms with Crippen LogP contribution in [-0.4, -0.2) is 34.1 Å². The van der Waals surface area contributed by atoms with Crippen LogP contribution >= 0.6 is 0 Å². The molecule has 0 saturated carbocycles. The van der Waals surface area contributed by atoms with E-state index in [1.165, 1.54) is 0 Å². The lowest BCUT2D eigenvalue weighted by Crippen LogP contribution is -2.16. The van der Waals surface area contributed by atoms with E-state index in [0.29, 0.717) is 23.5 Å². The highest BCUT2D eigenvalue weighted by atomic mass is 16.6. The fourth-order valence-corrected chi connectivity index (χ4v) is 3.16. The molecule has 0 fully saturated rings. The van der Waals surface area contributed by atoms with Crippen molar-refractivity contribution < 1.29 is 23.6 Å². The van der Waals surface area contributed by atoms with E-state index in [-0.39, 0.29) is 30.4 Å². The molecule has 9 heteroatoms. The zero-order valence-electron chi connectivity index (χ0n) is 18.4. The van der Waals surface area contributed by atoms with Gasteiger partial charge in [-0.1, -0.05) is 29.4 Å². The topological polar surface area (TPSA) is 116 Å². The number of carbonyl (C=O) groups excluding carboxylic acids is 2. The van der Waals surface area contributed by atoms with Crippen molar-refractivity contribution in [1.29, 1.82) is 0 Å². The molecule has 0 bridgehead atoms. The molecular formula is C25H22N4O5. The van der Waals surface area contributed by atoms with E-state index in [4.69, 9.17) is 14.0 Å². The molecule has 4 aromatic rings. The minimum atomic E-state index is -0.618. The number of methoxy groups -OCH3 is 1. The van der Waals surface area contributed by atoms with Crippen LogP contribution in [0.3, 0.4) is 0 Å². The number of para-hydroxylation sites is 1. The summed E-state index contributed by atoms with van der Waals surface area (Å²) < 4.78 is 15.6. The Kier molecular flexibility index (Phi) is 7.24. The SMILES string of the molecule is COc1ccc(CCC(=O)Nc2ccccc2C(=O)OCc2nc(-c3cccnc3)no2)cc1. The van der Waals surface area contributed by atoms with Crippen LogP contribution in [0.2, 0.25) is 0 Å². The average molecular weight is 458 g/mol. The minimum Gasteiger partial charge on any atom is -0.497 e. The molecule has 2 heterocycles. The lowest BCUT2D eigenvalue weighted by Gasteiger charge is -2.10. The van der Waals surface area contributed by atoms with E-state index in [2.05, 4.69) is 20.4 Å². The van der Waals surface area contributed by atoms with Gasteiger partial charge in [0, 0.05) is 24.4 Å². The number of aryl methyl sites for hydroxylation is 1. The van der Waals surface area contributed by atoms with E-state index in [0.717, 1.165) is 11.3 Å². The first-order chi connectivity index (χ1) is 16.6. The third-order valence-corrected chi connectivity index (χ3v) is 4.94. The Bertz CT molecular complexity index is 1260. The van der Waals surface area contributed by atoms with Gasteiger partial charge in [-0.2, -0.15) is 4.98 Å². The van der Waals surface area contributed by atoms with Gasteiger partial charge in [0.1, 0.15) is 5.75 Å². The maximum atomic E-state index is 12.7. The minimum absolute atomic E-state index is 0.146. The van der Waals surface area contributed by atoms with Crippen LogP contribution in [0.15, 0.2) is 77.6 Å². The largest absolute Gasteiger partial charge is 0.497 e. The molecule has 34 heavy (non-hydrogen) atoms. The van der Waals surface area contributed by atoms with Crippen molar-refractivity contribution >= 4 is 17.6 Å². The number of amides is 1. The average Bonchev–Trinajstić information content (AvgIpc) is 3.36. The van der Waals surface area contributed by atoms with Crippen molar-refractivity contribution in [3.63, 3.8) is 0 Å². The van der Waals surface area contributed by atoms with Crippen molar-refractivity contribution in [2.45, 2.75) is 19.4 Å². The van der Waals surface area contributed by atoms with E-state index in [1.54, 1.807) is 55.9 Å². The van der Waals surface area contributed by atoms with E-state index < -0.39 is 5.97 Å². The molecule has 1 amide bonds. The van der Waals surface area contributed by atoms with Gasteiger partial charge in [0.15, 0.2) is 6.61 Å². The number of benzene rings is 2. The molecule has 0 atom stereocenters. The number of hydrogen-bond donors (Lipinski definition) is 1. The molecule has 1 N–H and O–H groups in total. The number of anilines is 1. The number of nitrogens with zero attached hydrogens (tertiary/aromatic N) is 3. The van der Waals surface area contributed by atoms with Gasteiger partial charge in [-0.05, 0) is 48.4 Å². The normalized spacial score (nSPS) is 10.5. The lowest BCUT2D eigenvalue weighted by atomic mass is 10.1. The second kappa shape index (κ2) is 10.9. The molecule has 0 aliphatic heterocycles. The smallest absolute Gasteiger partial charge is 0.340 e. The van der Waals surface area contributed by atoms with Gasteiger partial charge < -0.3 is 19.3 Å². The number of rotatable bonds is 9. The Hall–Kier alpha value is -4.53. The Morgan fingerprint density at radius 3 is 2.62 bits per heavy atom. The fraction of sp³-hybridized carbons (Fsp3) is 0.160. The van der Waals surface area contributed by atoms with Crippen LogP contribution in [0.1, 0.15) is 28.2 Å². The highest BCUT2D eigenvalue weighted by Gasteiger charge is 2.17. The maximum absolute atomic E-state index is 12.7.